The number of carbonyl (C=O) groups is 1. The number of rotatable bonds is 6. The van der Waals surface area contributed by atoms with Crippen LogP contribution in [-0.2, 0) is 0 Å². The Morgan fingerprint density at radius 2 is 1.96 bits per heavy atom. The van der Waals surface area contributed by atoms with E-state index < -0.39 is 11.4 Å². The monoisotopic (exact) mass is 376 g/mol. The number of nitrogens with one attached hydrogen (secondary N) is 1. The van der Waals surface area contributed by atoms with Gasteiger partial charge in [0.2, 0.25) is 0 Å². The molecule has 1 amide bonds. The van der Waals surface area contributed by atoms with E-state index in [9.17, 15) is 14.3 Å². The SMILES string of the molecule is CCC(O)(CC)CC1CCN(C(=O)c2cc3cc(OC)c(F)cc3[nH]2)CC1. The van der Waals surface area contributed by atoms with Gasteiger partial charge in [-0.2, -0.15) is 0 Å². The van der Waals surface area contributed by atoms with Gasteiger partial charge in [0.1, 0.15) is 5.69 Å². The number of H-pyrrole nitrogens is 1. The van der Waals surface area contributed by atoms with Gasteiger partial charge in [0.15, 0.2) is 11.6 Å². The van der Waals surface area contributed by atoms with Gasteiger partial charge in [-0.25, -0.2) is 4.39 Å². The van der Waals surface area contributed by atoms with Crippen molar-refractivity contribution in [3.63, 3.8) is 0 Å². The molecule has 0 bridgehead atoms. The zero-order valence-electron chi connectivity index (χ0n) is 16.3. The maximum Gasteiger partial charge on any atom is 0.270 e. The fourth-order valence-electron chi connectivity index (χ4n) is 3.99. The molecule has 2 aromatic rings. The lowest BCUT2D eigenvalue weighted by molar-refractivity contribution is -0.00131. The van der Waals surface area contributed by atoms with Gasteiger partial charge < -0.3 is 19.7 Å². The molecule has 6 heteroatoms. The van der Waals surface area contributed by atoms with Crippen molar-refractivity contribution in [1.29, 1.82) is 0 Å². The summed E-state index contributed by atoms with van der Waals surface area (Å²) in [6.45, 7) is 5.41. The summed E-state index contributed by atoms with van der Waals surface area (Å²) in [7, 11) is 1.42. The molecule has 2 heterocycles. The maximum atomic E-state index is 13.9. The molecule has 0 atom stereocenters. The van der Waals surface area contributed by atoms with Crippen molar-refractivity contribution >= 4 is 16.8 Å². The molecule has 1 saturated heterocycles. The normalized spacial score (nSPS) is 16.1. The van der Waals surface area contributed by atoms with Crippen molar-refractivity contribution in [2.75, 3.05) is 20.2 Å². The number of nitrogens with zero attached hydrogens (tertiary/aromatic N) is 1. The number of methoxy groups -OCH3 is 1. The van der Waals surface area contributed by atoms with E-state index in [1.807, 2.05) is 18.7 Å². The number of piperidine rings is 1. The number of aromatic nitrogens is 1. The van der Waals surface area contributed by atoms with Gasteiger partial charge >= 0.3 is 0 Å². The molecule has 0 aliphatic carbocycles. The third-order valence-electron chi connectivity index (χ3n) is 6.01. The van der Waals surface area contributed by atoms with E-state index in [-0.39, 0.29) is 11.7 Å². The van der Waals surface area contributed by atoms with Gasteiger partial charge in [0, 0.05) is 30.1 Å². The predicted molar refractivity (Wildman–Crippen MR) is 104 cm³/mol. The Kier molecular flexibility index (Phi) is 5.75. The Balaban J connectivity index is 1.66. The zero-order valence-corrected chi connectivity index (χ0v) is 16.3. The number of hydrogen-bond donors (Lipinski definition) is 2. The molecule has 1 aromatic heterocycles. The number of benzene rings is 1. The van der Waals surface area contributed by atoms with Crippen LogP contribution >= 0.6 is 0 Å². The highest BCUT2D eigenvalue weighted by molar-refractivity contribution is 5.98. The van der Waals surface area contributed by atoms with Crippen molar-refractivity contribution in [2.45, 2.75) is 51.6 Å². The number of aliphatic hydroxyl groups is 1. The van der Waals surface area contributed by atoms with Crippen LogP contribution in [0.4, 0.5) is 4.39 Å². The third-order valence-corrected chi connectivity index (χ3v) is 6.01. The molecule has 0 unspecified atom stereocenters. The lowest BCUT2D eigenvalue weighted by atomic mass is 9.82. The Morgan fingerprint density at radius 3 is 2.56 bits per heavy atom. The number of likely N-dealkylation sites (tertiary alicyclic amines) is 1. The lowest BCUT2D eigenvalue weighted by Crippen LogP contribution is -2.41. The van der Waals surface area contributed by atoms with E-state index in [2.05, 4.69) is 4.98 Å². The number of fused-ring (bicyclic) bond motifs is 1. The van der Waals surface area contributed by atoms with Crippen LogP contribution < -0.4 is 4.74 Å². The van der Waals surface area contributed by atoms with Gasteiger partial charge in [-0.15, -0.1) is 0 Å². The fraction of sp³-hybridized carbons (Fsp3) is 0.571. The molecule has 0 radical (unpaired) electrons. The average molecular weight is 376 g/mol. The largest absolute Gasteiger partial charge is 0.494 e. The van der Waals surface area contributed by atoms with Crippen molar-refractivity contribution in [3.8, 4) is 5.75 Å². The van der Waals surface area contributed by atoms with Crippen LogP contribution in [0.15, 0.2) is 18.2 Å². The molecule has 1 aliphatic heterocycles. The first-order chi connectivity index (χ1) is 12.9. The Morgan fingerprint density at radius 1 is 1.30 bits per heavy atom. The summed E-state index contributed by atoms with van der Waals surface area (Å²) in [5.41, 5.74) is 0.467. The van der Waals surface area contributed by atoms with E-state index >= 15 is 0 Å². The second-order valence-electron chi connectivity index (χ2n) is 7.63. The Hall–Kier alpha value is -2.08. The number of hydrogen-bond acceptors (Lipinski definition) is 3. The molecule has 3 rings (SSSR count). The van der Waals surface area contributed by atoms with Gasteiger partial charge in [0.05, 0.1) is 12.7 Å². The standard InChI is InChI=1S/C21H29FN2O3/c1-4-21(26,5-2)13-14-6-8-24(9-7-14)20(25)18-10-15-11-19(27-3)16(22)12-17(15)23-18/h10-12,14,23,26H,4-9,13H2,1-3H3. The minimum Gasteiger partial charge on any atom is -0.494 e. The highest BCUT2D eigenvalue weighted by Gasteiger charge is 2.31. The summed E-state index contributed by atoms with van der Waals surface area (Å²) in [6, 6.07) is 4.70. The molecule has 0 spiro atoms. The molecule has 1 fully saturated rings. The van der Waals surface area contributed by atoms with Crippen molar-refractivity contribution in [1.82, 2.24) is 9.88 Å². The van der Waals surface area contributed by atoms with E-state index in [4.69, 9.17) is 4.74 Å². The first-order valence-electron chi connectivity index (χ1n) is 9.77. The topological polar surface area (TPSA) is 65.6 Å². The van der Waals surface area contributed by atoms with Crippen LogP contribution in [0.1, 0.15) is 56.4 Å². The van der Waals surface area contributed by atoms with Gasteiger partial charge in [-0.05, 0) is 50.2 Å². The van der Waals surface area contributed by atoms with Crippen LogP contribution in [0, 0.1) is 11.7 Å². The third kappa shape index (κ3) is 4.10. The second kappa shape index (κ2) is 7.89. The van der Waals surface area contributed by atoms with Crippen LogP contribution in [0.5, 0.6) is 5.75 Å². The lowest BCUT2D eigenvalue weighted by Gasteiger charge is -2.36. The molecule has 0 saturated carbocycles. The summed E-state index contributed by atoms with van der Waals surface area (Å²) in [4.78, 5) is 17.7. The number of aromatic amines is 1. The van der Waals surface area contributed by atoms with E-state index in [0.717, 1.165) is 37.5 Å². The second-order valence-corrected chi connectivity index (χ2v) is 7.63. The van der Waals surface area contributed by atoms with Gasteiger partial charge in [0.25, 0.3) is 5.91 Å². The summed E-state index contributed by atoms with van der Waals surface area (Å²) in [6.07, 6.45) is 4.12. The molecule has 1 aromatic carbocycles. The van der Waals surface area contributed by atoms with Crippen LogP contribution in [0.25, 0.3) is 10.9 Å². The highest BCUT2D eigenvalue weighted by Crippen LogP contribution is 2.31. The number of carbonyl (C=O) groups excluding carboxylic acids is 1. The number of amides is 1. The highest BCUT2D eigenvalue weighted by atomic mass is 19.1. The first-order valence-corrected chi connectivity index (χ1v) is 9.77. The van der Waals surface area contributed by atoms with Gasteiger partial charge in [-0.1, -0.05) is 13.8 Å². The summed E-state index contributed by atoms with van der Waals surface area (Å²) in [5.74, 6) is 0.0944. The molecule has 5 nitrogen and oxygen atoms in total. The molecular formula is C21H29FN2O3. The number of ether oxygens (including phenoxy) is 1. The number of halogens is 1. The summed E-state index contributed by atoms with van der Waals surface area (Å²) < 4.78 is 18.9. The maximum absolute atomic E-state index is 13.9. The summed E-state index contributed by atoms with van der Waals surface area (Å²) >= 11 is 0. The van der Waals surface area contributed by atoms with Crippen molar-refractivity contribution in [3.05, 3.63) is 29.7 Å². The Labute approximate surface area is 159 Å². The molecular weight excluding hydrogens is 347 g/mol. The van der Waals surface area contributed by atoms with E-state index in [1.165, 1.54) is 13.2 Å². The zero-order chi connectivity index (χ0) is 19.6. The molecule has 27 heavy (non-hydrogen) atoms. The smallest absolute Gasteiger partial charge is 0.270 e. The first kappa shape index (κ1) is 19.7. The van der Waals surface area contributed by atoms with E-state index in [1.54, 1.807) is 12.1 Å². The predicted octanol–water partition coefficient (Wildman–Crippen LogP) is 4.11. The fourth-order valence-corrected chi connectivity index (χ4v) is 3.99. The van der Waals surface area contributed by atoms with Crippen LogP contribution in [0.2, 0.25) is 0 Å². The Bertz CT molecular complexity index is 805. The quantitative estimate of drug-likeness (QED) is 0.797. The molecule has 1 aliphatic rings. The van der Waals surface area contributed by atoms with Crippen molar-refractivity contribution in [2.24, 2.45) is 5.92 Å². The van der Waals surface area contributed by atoms with Crippen molar-refractivity contribution < 1.29 is 19.0 Å². The average Bonchev–Trinajstić information content (AvgIpc) is 3.09. The van der Waals surface area contributed by atoms with Crippen LogP contribution in [0.3, 0.4) is 0 Å². The van der Waals surface area contributed by atoms with Gasteiger partial charge in [-0.3, -0.25) is 4.79 Å². The van der Waals surface area contributed by atoms with E-state index in [0.29, 0.717) is 30.2 Å². The minimum absolute atomic E-state index is 0.0646. The van der Waals surface area contributed by atoms with Crippen LogP contribution in [-0.4, -0.2) is 46.7 Å². The minimum atomic E-state index is -0.586. The summed E-state index contributed by atoms with van der Waals surface area (Å²) in [5, 5.41) is 11.3. The molecule has 148 valence electrons. The molecule has 2 N–H and O–H groups in total.